The fraction of sp³-hybridized carbons (Fsp3) is 0.192. The van der Waals surface area contributed by atoms with Gasteiger partial charge in [-0.2, -0.15) is 4.57 Å². The Hall–Kier alpha value is -2.93. The van der Waals surface area contributed by atoms with E-state index in [0.29, 0.717) is 5.92 Å². The number of benzene rings is 2. The highest BCUT2D eigenvalue weighted by molar-refractivity contribution is 5.86. The normalized spacial score (nSPS) is 17.7. The second-order valence-corrected chi connectivity index (χ2v) is 7.02. The predicted octanol–water partition coefficient (Wildman–Crippen LogP) is 6.31. The molecule has 1 heteroatoms. The van der Waals surface area contributed by atoms with Crippen molar-refractivity contribution < 1.29 is 4.57 Å². The summed E-state index contributed by atoms with van der Waals surface area (Å²) in [6, 6.07) is 19.6. The highest BCUT2D eigenvalue weighted by atomic mass is 14.9. The van der Waals surface area contributed by atoms with Gasteiger partial charge in [0, 0.05) is 18.1 Å². The topological polar surface area (TPSA) is 3.88 Å². The highest BCUT2D eigenvalue weighted by Gasteiger charge is 2.16. The van der Waals surface area contributed by atoms with Gasteiger partial charge < -0.3 is 0 Å². The van der Waals surface area contributed by atoms with Crippen LogP contribution >= 0.6 is 0 Å². The molecular weight excluding hydrogens is 326 g/mol. The van der Waals surface area contributed by atoms with Gasteiger partial charge in [0.15, 0.2) is 6.20 Å². The van der Waals surface area contributed by atoms with Crippen molar-refractivity contribution in [2.75, 3.05) is 0 Å². The van der Waals surface area contributed by atoms with E-state index >= 15 is 0 Å². The average molecular weight is 353 g/mol. The lowest BCUT2D eigenvalue weighted by Crippen LogP contribution is -2.32. The average Bonchev–Trinajstić information content (AvgIpc) is 2.74. The first kappa shape index (κ1) is 17.5. The quantitative estimate of drug-likeness (QED) is 0.485. The summed E-state index contributed by atoms with van der Waals surface area (Å²) in [5.74, 6) is 0.532. The Morgan fingerprint density at radius 1 is 0.963 bits per heavy atom. The van der Waals surface area contributed by atoms with E-state index in [9.17, 15) is 0 Å². The maximum atomic E-state index is 2.34. The molecule has 0 spiro atoms. The maximum absolute atomic E-state index is 2.34. The van der Waals surface area contributed by atoms with Crippen LogP contribution in [-0.2, 0) is 6.54 Å². The first-order chi connectivity index (χ1) is 13.3. The van der Waals surface area contributed by atoms with E-state index in [1.807, 2.05) is 0 Å². The molecule has 4 rings (SSSR count). The predicted molar refractivity (Wildman–Crippen MR) is 115 cm³/mol. The summed E-state index contributed by atoms with van der Waals surface area (Å²) >= 11 is 0. The lowest BCUT2D eigenvalue weighted by atomic mass is 9.83. The Balaban J connectivity index is 1.70. The zero-order chi connectivity index (χ0) is 18.6. The molecule has 1 aromatic heterocycles. The zero-order valence-corrected chi connectivity index (χ0v) is 16.1. The van der Waals surface area contributed by atoms with Gasteiger partial charge in [-0.3, -0.25) is 0 Å². The fourth-order valence-electron chi connectivity index (χ4n) is 3.98. The van der Waals surface area contributed by atoms with Gasteiger partial charge in [0.25, 0.3) is 0 Å². The molecule has 0 fully saturated rings. The second-order valence-electron chi connectivity index (χ2n) is 7.02. The number of aromatic nitrogens is 1. The molecular formula is C26H26N+. The largest absolute Gasteiger partial charge is 0.213 e. The van der Waals surface area contributed by atoms with Gasteiger partial charge in [-0.1, -0.05) is 73.7 Å². The Morgan fingerprint density at radius 2 is 1.78 bits per heavy atom. The Bertz CT molecular complexity index is 1050. The molecule has 0 saturated carbocycles. The lowest BCUT2D eigenvalue weighted by Gasteiger charge is -2.21. The summed E-state index contributed by atoms with van der Waals surface area (Å²) in [5.41, 5.74) is 6.63. The number of rotatable bonds is 4. The van der Waals surface area contributed by atoms with Crippen LogP contribution in [0, 0.1) is 0 Å². The molecule has 1 heterocycles. The van der Waals surface area contributed by atoms with Gasteiger partial charge in [0.05, 0.1) is 5.39 Å². The van der Waals surface area contributed by atoms with Gasteiger partial charge in [-0.05, 0) is 41.7 Å². The van der Waals surface area contributed by atoms with Crippen LogP contribution in [0.2, 0.25) is 0 Å². The van der Waals surface area contributed by atoms with E-state index < -0.39 is 0 Å². The van der Waals surface area contributed by atoms with E-state index in [1.54, 1.807) is 0 Å². The lowest BCUT2D eigenvalue weighted by molar-refractivity contribution is -0.667. The minimum atomic E-state index is 0.532. The number of para-hydroxylation sites is 1. The van der Waals surface area contributed by atoms with Crippen LogP contribution in [0.15, 0.2) is 85.1 Å². The molecule has 1 aliphatic rings. The van der Waals surface area contributed by atoms with Gasteiger partial charge in [-0.15, -0.1) is 0 Å². The van der Waals surface area contributed by atoms with Crippen LogP contribution < -0.4 is 4.57 Å². The van der Waals surface area contributed by atoms with E-state index in [1.165, 1.54) is 33.2 Å². The number of hydrogen-bond donors (Lipinski definition) is 0. The summed E-state index contributed by atoms with van der Waals surface area (Å²) in [4.78, 5) is 0. The first-order valence-corrected chi connectivity index (χ1v) is 9.89. The van der Waals surface area contributed by atoms with Gasteiger partial charge >= 0.3 is 0 Å². The van der Waals surface area contributed by atoms with Gasteiger partial charge in [-0.25, -0.2) is 0 Å². The highest BCUT2D eigenvalue weighted by Crippen LogP contribution is 2.34. The van der Waals surface area contributed by atoms with Crippen molar-refractivity contribution in [2.24, 2.45) is 0 Å². The molecule has 134 valence electrons. The van der Waals surface area contributed by atoms with E-state index in [-0.39, 0.29) is 0 Å². The Morgan fingerprint density at radius 3 is 2.63 bits per heavy atom. The van der Waals surface area contributed by atoms with Crippen molar-refractivity contribution in [3.05, 3.63) is 102 Å². The molecule has 3 aromatic rings. The smallest absolute Gasteiger partial charge is 0.199 e. The third-order valence-corrected chi connectivity index (χ3v) is 5.47. The molecule has 27 heavy (non-hydrogen) atoms. The molecule has 2 aromatic carbocycles. The summed E-state index contributed by atoms with van der Waals surface area (Å²) in [6.45, 7) is 5.42. The molecule has 0 unspecified atom stereocenters. The third kappa shape index (κ3) is 3.38. The monoisotopic (exact) mass is 352 g/mol. The van der Waals surface area contributed by atoms with Crippen LogP contribution in [0.4, 0.5) is 0 Å². The first-order valence-electron chi connectivity index (χ1n) is 9.89. The van der Waals surface area contributed by atoms with Crippen molar-refractivity contribution >= 4 is 22.6 Å². The molecule has 0 bridgehead atoms. The number of aryl methyl sites for hydroxylation is 1. The number of allylic oxidation sites excluding steroid dienone is 5. The number of nitrogens with zero attached hydrogens (tertiary/aromatic N) is 1. The zero-order valence-electron chi connectivity index (χ0n) is 16.1. The Labute approximate surface area is 162 Å². The standard InChI is InChI=1S/C26H26N/c1-3-20-16-17-21(24-13-6-5-12-23(20)24)10-9-11-22-18-19-27(4-2)26-15-8-7-14-25(22)26/h5-20H,3-4H2,1-2H3/q+1/b11-9+,21-10+/t20-/m0/s1. The van der Waals surface area contributed by atoms with Gasteiger partial charge in [0.2, 0.25) is 5.52 Å². The number of hydrogen-bond acceptors (Lipinski definition) is 0. The van der Waals surface area contributed by atoms with Crippen LogP contribution in [0.3, 0.4) is 0 Å². The third-order valence-electron chi connectivity index (χ3n) is 5.47. The molecule has 0 N–H and O–H groups in total. The maximum Gasteiger partial charge on any atom is 0.213 e. The van der Waals surface area contributed by atoms with Gasteiger partial charge in [0.1, 0.15) is 6.54 Å². The van der Waals surface area contributed by atoms with E-state index in [4.69, 9.17) is 0 Å². The van der Waals surface area contributed by atoms with Crippen LogP contribution in [0.5, 0.6) is 0 Å². The molecule has 1 nitrogen and oxygen atoms in total. The summed E-state index contributed by atoms with van der Waals surface area (Å²) in [7, 11) is 0. The second kappa shape index (κ2) is 7.75. The number of fused-ring (bicyclic) bond motifs is 2. The van der Waals surface area contributed by atoms with Crippen LogP contribution in [0.1, 0.15) is 42.9 Å². The van der Waals surface area contributed by atoms with Crippen molar-refractivity contribution in [1.29, 1.82) is 0 Å². The SMILES string of the molecule is CC[C@H]1C=C/C(=C\C=C\c2cc[n+](CC)c3ccccc23)c2ccccc21. The van der Waals surface area contributed by atoms with Crippen molar-refractivity contribution in [3.63, 3.8) is 0 Å². The Kier molecular flexibility index (Phi) is 5.02. The minimum absolute atomic E-state index is 0.532. The molecule has 0 saturated heterocycles. The summed E-state index contributed by atoms with van der Waals surface area (Å²) < 4.78 is 2.29. The molecule has 1 aliphatic carbocycles. The van der Waals surface area contributed by atoms with Crippen molar-refractivity contribution in [3.8, 4) is 0 Å². The van der Waals surface area contributed by atoms with Crippen molar-refractivity contribution in [1.82, 2.24) is 0 Å². The van der Waals surface area contributed by atoms with Crippen LogP contribution in [-0.4, -0.2) is 0 Å². The summed E-state index contributed by atoms with van der Waals surface area (Å²) in [6.07, 6.45) is 14.6. The molecule has 0 aliphatic heterocycles. The van der Waals surface area contributed by atoms with E-state index in [0.717, 1.165) is 13.0 Å². The van der Waals surface area contributed by atoms with Crippen LogP contribution in [0.25, 0.3) is 22.6 Å². The van der Waals surface area contributed by atoms with E-state index in [2.05, 4.69) is 110 Å². The van der Waals surface area contributed by atoms with Crippen molar-refractivity contribution in [2.45, 2.75) is 32.7 Å². The fourth-order valence-corrected chi connectivity index (χ4v) is 3.98. The molecule has 1 atom stereocenters. The molecule has 0 radical (unpaired) electrons. The summed E-state index contributed by atoms with van der Waals surface area (Å²) in [5, 5.41) is 1.29. The molecule has 0 amide bonds. The number of pyridine rings is 1. The minimum Gasteiger partial charge on any atom is -0.199 e.